The van der Waals surface area contributed by atoms with Crippen LogP contribution in [-0.4, -0.2) is 25.9 Å². The number of benzene rings is 1. The Kier molecular flexibility index (Phi) is 5.54. The maximum absolute atomic E-state index is 6.00. The molecule has 0 aliphatic rings. The van der Waals surface area contributed by atoms with Crippen molar-refractivity contribution in [3.05, 3.63) is 27.2 Å². The number of halogens is 3. The Balaban J connectivity index is 3.11. The van der Waals surface area contributed by atoms with Gasteiger partial charge in [0.25, 0.3) is 0 Å². The van der Waals surface area contributed by atoms with Crippen LogP contribution in [0.1, 0.15) is 0 Å². The van der Waals surface area contributed by atoms with Gasteiger partial charge in [-0.3, -0.25) is 0 Å². The van der Waals surface area contributed by atoms with Crippen LogP contribution in [0.25, 0.3) is 0 Å². The zero-order valence-electron chi connectivity index (χ0n) is 9.41. The van der Waals surface area contributed by atoms with E-state index < -0.39 is 6.64 Å². The number of rotatable bonds is 4. The molecule has 8 heteroatoms. The highest BCUT2D eigenvalue weighted by Crippen LogP contribution is 2.51. The van der Waals surface area contributed by atoms with Gasteiger partial charge in [-0.05, 0) is 32.0 Å². The summed E-state index contributed by atoms with van der Waals surface area (Å²) in [6, 6.07) is 3.03. The Bertz CT molecular complexity index is 470. The Morgan fingerprint density at radius 3 is 2.12 bits per heavy atom. The highest BCUT2D eigenvalue weighted by molar-refractivity contribution is 8.08. The number of hydrogen-bond acceptors (Lipinski definition) is 3. The van der Waals surface area contributed by atoms with Gasteiger partial charge in [0.15, 0.2) is 0 Å². The molecule has 0 fully saturated rings. The lowest BCUT2D eigenvalue weighted by Crippen LogP contribution is -2.13. The van der Waals surface area contributed by atoms with E-state index in [1.54, 1.807) is 18.8 Å². The van der Waals surface area contributed by atoms with E-state index in [1.165, 1.54) is 19.2 Å². The first kappa shape index (κ1) is 15.5. The van der Waals surface area contributed by atoms with Crippen molar-refractivity contribution in [2.45, 2.75) is 0 Å². The van der Waals surface area contributed by atoms with Crippen LogP contribution < -0.4 is 4.52 Å². The maximum Gasteiger partial charge on any atom is 0.314 e. The molecule has 3 nitrogen and oxygen atoms in total. The van der Waals surface area contributed by atoms with Crippen LogP contribution in [-0.2, 0) is 16.3 Å². The normalized spacial score (nSPS) is 14.8. The first-order valence-electron chi connectivity index (χ1n) is 4.48. The molecular weight excluding hydrogens is 324 g/mol. The van der Waals surface area contributed by atoms with E-state index in [2.05, 4.69) is 0 Å². The molecule has 1 unspecified atom stereocenters. The summed E-state index contributed by atoms with van der Waals surface area (Å²) in [6.07, 6.45) is 0. The predicted octanol–water partition coefficient (Wildman–Crippen LogP) is 4.46. The molecule has 96 valence electrons. The fourth-order valence-electron chi connectivity index (χ4n) is 0.981. The highest BCUT2D eigenvalue weighted by Gasteiger charge is 2.24. The number of nitrogens with zero attached hydrogens (tertiary/aromatic N) is 1. The molecule has 17 heavy (non-hydrogen) atoms. The SMILES string of the molecule is COP(=S)(Oc1cc(Cl)c(Cl)cc1Cl)N(C)C. The van der Waals surface area contributed by atoms with Crippen LogP contribution in [0.15, 0.2) is 12.1 Å². The quantitative estimate of drug-likeness (QED) is 0.598. The van der Waals surface area contributed by atoms with E-state index in [0.717, 1.165) is 0 Å². The molecule has 1 atom stereocenters. The summed E-state index contributed by atoms with van der Waals surface area (Å²) in [5.74, 6) is 0.361. The monoisotopic (exact) mass is 333 g/mol. The summed E-state index contributed by atoms with van der Waals surface area (Å²) < 4.78 is 12.6. The Morgan fingerprint density at radius 2 is 1.65 bits per heavy atom. The van der Waals surface area contributed by atoms with Crippen LogP contribution in [0.5, 0.6) is 5.75 Å². The molecule has 1 rings (SSSR count). The average Bonchev–Trinajstić information content (AvgIpc) is 2.25. The lowest BCUT2D eigenvalue weighted by atomic mass is 10.3. The molecule has 0 bridgehead atoms. The third-order valence-electron chi connectivity index (χ3n) is 1.91. The molecule has 0 spiro atoms. The molecule has 0 aliphatic heterocycles. The lowest BCUT2D eigenvalue weighted by Gasteiger charge is -2.27. The molecule has 0 amide bonds. The molecule has 0 saturated heterocycles. The summed E-state index contributed by atoms with van der Waals surface area (Å²) in [5, 5.41) is 1.05. The third kappa shape index (κ3) is 3.71. The molecule has 0 saturated carbocycles. The number of hydrogen-bond donors (Lipinski definition) is 0. The van der Waals surface area contributed by atoms with Crippen LogP contribution in [0, 0.1) is 0 Å². The van der Waals surface area contributed by atoms with Crippen LogP contribution in [0.4, 0.5) is 0 Å². The van der Waals surface area contributed by atoms with Crippen molar-refractivity contribution in [1.82, 2.24) is 4.67 Å². The zero-order valence-corrected chi connectivity index (χ0v) is 13.4. The van der Waals surface area contributed by atoms with Gasteiger partial charge in [-0.1, -0.05) is 34.8 Å². The van der Waals surface area contributed by atoms with Crippen molar-refractivity contribution in [2.24, 2.45) is 0 Å². The Hall–Kier alpha value is 0.460. The smallest absolute Gasteiger partial charge is 0.314 e. The van der Waals surface area contributed by atoms with Crippen molar-refractivity contribution in [1.29, 1.82) is 0 Å². The van der Waals surface area contributed by atoms with Gasteiger partial charge >= 0.3 is 6.64 Å². The van der Waals surface area contributed by atoms with E-state index in [-0.39, 0.29) is 0 Å². The highest BCUT2D eigenvalue weighted by atomic mass is 35.5. The van der Waals surface area contributed by atoms with Crippen LogP contribution in [0.3, 0.4) is 0 Å². The fraction of sp³-hybridized carbons (Fsp3) is 0.333. The van der Waals surface area contributed by atoms with Gasteiger partial charge in [0.2, 0.25) is 0 Å². The topological polar surface area (TPSA) is 21.7 Å². The van der Waals surface area contributed by atoms with Gasteiger partial charge in [0, 0.05) is 13.2 Å². The summed E-state index contributed by atoms with van der Waals surface area (Å²) in [6.45, 7) is -2.58. The second kappa shape index (κ2) is 6.07. The molecule has 0 aliphatic carbocycles. The van der Waals surface area contributed by atoms with Gasteiger partial charge in [-0.15, -0.1) is 0 Å². The summed E-state index contributed by atoms with van der Waals surface area (Å²) in [5.41, 5.74) is 0. The van der Waals surface area contributed by atoms with Gasteiger partial charge in [-0.2, -0.15) is 0 Å². The molecule has 1 aromatic rings. The van der Waals surface area contributed by atoms with E-state index in [0.29, 0.717) is 20.8 Å². The molecule has 0 heterocycles. The summed E-state index contributed by atoms with van der Waals surface area (Å²) >= 11 is 23.0. The second-order valence-electron chi connectivity index (χ2n) is 3.29. The molecular formula is C9H11Cl3NO2PS. The Morgan fingerprint density at radius 1 is 1.12 bits per heavy atom. The first-order chi connectivity index (χ1) is 7.80. The van der Waals surface area contributed by atoms with Crippen molar-refractivity contribution < 1.29 is 9.05 Å². The van der Waals surface area contributed by atoms with Crippen molar-refractivity contribution >= 4 is 53.3 Å². The minimum absolute atomic E-state index is 0.340. The third-order valence-corrected chi connectivity index (χ3v) is 6.45. The van der Waals surface area contributed by atoms with Crippen molar-refractivity contribution in [3.63, 3.8) is 0 Å². The van der Waals surface area contributed by atoms with Crippen molar-refractivity contribution in [2.75, 3.05) is 21.2 Å². The zero-order chi connectivity index (χ0) is 13.2. The first-order valence-corrected chi connectivity index (χ1v) is 8.20. The molecule has 0 N–H and O–H groups in total. The van der Waals surface area contributed by atoms with Gasteiger partial charge in [-0.25, -0.2) is 4.67 Å². The predicted molar refractivity (Wildman–Crippen MR) is 77.1 cm³/mol. The lowest BCUT2D eigenvalue weighted by molar-refractivity contribution is 0.343. The van der Waals surface area contributed by atoms with Gasteiger partial charge in [0.1, 0.15) is 5.75 Å². The Labute approximate surface area is 121 Å². The van der Waals surface area contributed by atoms with Crippen LogP contribution in [0.2, 0.25) is 15.1 Å². The largest absolute Gasteiger partial charge is 0.431 e. The molecule has 0 aromatic heterocycles. The van der Waals surface area contributed by atoms with E-state index in [9.17, 15) is 0 Å². The molecule has 0 radical (unpaired) electrons. The van der Waals surface area contributed by atoms with Gasteiger partial charge in [0.05, 0.1) is 15.1 Å². The fourth-order valence-corrected chi connectivity index (χ4v) is 2.81. The van der Waals surface area contributed by atoms with E-state index in [4.69, 9.17) is 55.7 Å². The minimum Gasteiger partial charge on any atom is -0.431 e. The minimum atomic E-state index is -2.58. The van der Waals surface area contributed by atoms with Gasteiger partial charge < -0.3 is 9.05 Å². The average molecular weight is 335 g/mol. The van der Waals surface area contributed by atoms with E-state index in [1.807, 2.05) is 0 Å². The molecule has 1 aromatic carbocycles. The maximum atomic E-state index is 6.00. The van der Waals surface area contributed by atoms with E-state index >= 15 is 0 Å². The summed E-state index contributed by atoms with van der Waals surface area (Å²) in [7, 11) is 5.04. The standard InChI is InChI=1S/C9H11Cl3NO2PS/c1-13(2)16(17,14-3)15-9-5-7(11)6(10)4-8(9)12/h4-5H,1-3H3. The van der Waals surface area contributed by atoms with Crippen LogP contribution >= 0.6 is 41.4 Å². The van der Waals surface area contributed by atoms with Crippen molar-refractivity contribution in [3.8, 4) is 5.75 Å². The second-order valence-corrected chi connectivity index (χ2v) is 8.18. The summed E-state index contributed by atoms with van der Waals surface area (Å²) in [4.78, 5) is 0.